The first-order valence-corrected chi connectivity index (χ1v) is 7.48. The number of hydrogen-bond donors (Lipinski definition) is 1. The molecule has 0 aliphatic carbocycles. The quantitative estimate of drug-likeness (QED) is 0.840. The van der Waals surface area contributed by atoms with Gasteiger partial charge < -0.3 is 10.2 Å². The summed E-state index contributed by atoms with van der Waals surface area (Å²) in [6.07, 6.45) is 0. The molecule has 0 unspecified atom stereocenters. The van der Waals surface area contributed by atoms with Crippen LogP contribution >= 0.6 is 0 Å². The predicted octanol–water partition coefficient (Wildman–Crippen LogP) is 1.60. The van der Waals surface area contributed by atoms with E-state index in [1.807, 2.05) is 43.3 Å². The van der Waals surface area contributed by atoms with E-state index in [0.29, 0.717) is 6.54 Å². The average Bonchev–Trinajstić information content (AvgIpc) is 2.29. The van der Waals surface area contributed by atoms with Crippen molar-refractivity contribution in [2.24, 2.45) is 0 Å². The fourth-order valence-electron chi connectivity index (χ4n) is 1.37. The lowest BCUT2D eigenvalue weighted by Crippen LogP contribution is -2.17. The minimum absolute atomic E-state index is 0.179. The number of nitrogens with zero attached hydrogens (tertiary/aromatic N) is 1. The molecule has 1 N–H and O–H groups in total. The molecule has 1 aromatic rings. The monoisotopic (exact) mass is 256 g/mol. The van der Waals surface area contributed by atoms with Gasteiger partial charge in [0.05, 0.1) is 5.75 Å². The SMILES string of the molecule is CCS(=O)(=O)CCNc1ccc(N(C)C)cc1. The Morgan fingerprint density at radius 2 is 1.76 bits per heavy atom. The highest BCUT2D eigenvalue weighted by Crippen LogP contribution is 2.15. The van der Waals surface area contributed by atoms with Crippen molar-refractivity contribution in [3.8, 4) is 0 Å². The molecular weight excluding hydrogens is 236 g/mol. The van der Waals surface area contributed by atoms with Crippen LogP contribution in [-0.2, 0) is 9.84 Å². The molecule has 0 atom stereocenters. The second kappa shape index (κ2) is 5.91. The van der Waals surface area contributed by atoms with Crippen molar-refractivity contribution in [1.82, 2.24) is 0 Å². The summed E-state index contributed by atoms with van der Waals surface area (Å²) >= 11 is 0. The van der Waals surface area contributed by atoms with E-state index < -0.39 is 9.84 Å². The number of rotatable bonds is 6. The number of nitrogens with one attached hydrogen (secondary N) is 1. The molecule has 1 aromatic carbocycles. The topological polar surface area (TPSA) is 49.4 Å². The van der Waals surface area contributed by atoms with E-state index in [1.54, 1.807) is 6.92 Å². The Kier molecular flexibility index (Phi) is 4.81. The van der Waals surface area contributed by atoms with Gasteiger partial charge in [0, 0.05) is 37.8 Å². The van der Waals surface area contributed by atoms with Gasteiger partial charge in [0.2, 0.25) is 0 Å². The van der Waals surface area contributed by atoms with Crippen LogP contribution in [0.2, 0.25) is 0 Å². The summed E-state index contributed by atoms with van der Waals surface area (Å²) in [7, 11) is 1.08. The minimum Gasteiger partial charge on any atom is -0.384 e. The highest BCUT2D eigenvalue weighted by atomic mass is 32.2. The molecule has 0 radical (unpaired) electrons. The maximum absolute atomic E-state index is 11.3. The highest BCUT2D eigenvalue weighted by molar-refractivity contribution is 7.91. The van der Waals surface area contributed by atoms with Crippen LogP contribution in [0.4, 0.5) is 11.4 Å². The van der Waals surface area contributed by atoms with E-state index >= 15 is 0 Å². The highest BCUT2D eigenvalue weighted by Gasteiger charge is 2.06. The number of sulfone groups is 1. The van der Waals surface area contributed by atoms with Crippen LogP contribution in [0.5, 0.6) is 0 Å². The molecule has 1 rings (SSSR count). The lowest BCUT2D eigenvalue weighted by atomic mass is 10.2. The number of benzene rings is 1. The fourth-order valence-corrected chi connectivity index (χ4v) is 2.07. The maximum Gasteiger partial charge on any atom is 0.151 e. The van der Waals surface area contributed by atoms with Crippen LogP contribution in [0.15, 0.2) is 24.3 Å². The molecule has 0 aliphatic heterocycles. The van der Waals surface area contributed by atoms with Crippen molar-refractivity contribution < 1.29 is 8.42 Å². The van der Waals surface area contributed by atoms with Gasteiger partial charge in [-0.25, -0.2) is 8.42 Å². The lowest BCUT2D eigenvalue weighted by molar-refractivity contribution is 0.597. The van der Waals surface area contributed by atoms with Crippen molar-refractivity contribution in [2.75, 3.05) is 42.4 Å². The Labute approximate surface area is 104 Å². The molecule has 4 nitrogen and oxygen atoms in total. The molecule has 96 valence electrons. The summed E-state index contributed by atoms with van der Waals surface area (Å²) in [6, 6.07) is 7.90. The molecule has 0 spiro atoms. The third-order valence-corrected chi connectivity index (χ3v) is 4.27. The Balaban J connectivity index is 2.48. The summed E-state index contributed by atoms with van der Waals surface area (Å²) in [5, 5.41) is 3.10. The summed E-state index contributed by atoms with van der Waals surface area (Å²) in [5.41, 5.74) is 2.07. The Bertz CT molecular complexity index is 438. The largest absolute Gasteiger partial charge is 0.384 e. The summed E-state index contributed by atoms with van der Waals surface area (Å²) in [5.74, 6) is 0.382. The van der Waals surface area contributed by atoms with E-state index in [-0.39, 0.29) is 11.5 Å². The van der Waals surface area contributed by atoms with Gasteiger partial charge in [-0.3, -0.25) is 0 Å². The molecule has 17 heavy (non-hydrogen) atoms. The van der Waals surface area contributed by atoms with E-state index in [9.17, 15) is 8.42 Å². The Morgan fingerprint density at radius 3 is 2.24 bits per heavy atom. The van der Waals surface area contributed by atoms with Gasteiger partial charge in [-0.05, 0) is 24.3 Å². The van der Waals surface area contributed by atoms with Crippen LogP contribution in [0.3, 0.4) is 0 Å². The van der Waals surface area contributed by atoms with Crippen molar-refractivity contribution in [1.29, 1.82) is 0 Å². The van der Waals surface area contributed by atoms with E-state index in [2.05, 4.69) is 5.32 Å². The van der Waals surface area contributed by atoms with Gasteiger partial charge in [-0.1, -0.05) is 6.92 Å². The van der Waals surface area contributed by atoms with Gasteiger partial charge in [0.15, 0.2) is 9.84 Å². The zero-order chi connectivity index (χ0) is 12.9. The lowest BCUT2D eigenvalue weighted by Gasteiger charge is -2.13. The molecule has 0 aromatic heterocycles. The van der Waals surface area contributed by atoms with Gasteiger partial charge in [-0.2, -0.15) is 0 Å². The summed E-state index contributed by atoms with van der Waals surface area (Å²) < 4.78 is 22.6. The van der Waals surface area contributed by atoms with E-state index in [4.69, 9.17) is 0 Å². The number of anilines is 2. The zero-order valence-electron chi connectivity index (χ0n) is 10.6. The van der Waals surface area contributed by atoms with Crippen molar-refractivity contribution in [3.63, 3.8) is 0 Å². The zero-order valence-corrected chi connectivity index (χ0v) is 11.4. The number of hydrogen-bond acceptors (Lipinski definition) is 4. The summed E-state index contributed by atoms with van der Waals surface area (Å²) in [6.45, 7) is 2.12. The first kappa shape index (κ1) is 13.8. The third-order valence-electron chi connectivity index (χ3n) is 2.57. The molecular formula is C12H20N2O2S. The minimum atomic E-state index is -2.88. The van der Waals surface area contributed by atoms with Gasteiger partial charge in [0.1, 0.15) is 0 Å². The van der Waals surface area contributed by atoms with E-state index in [1.165, 1.54) is 0 Å². The second-order valence-corrected chi connectivity index (χ2v) is 6.58. The normalized spacial score (nSPS) is 11.2. The van der Waals surface area contributed by atoms with Gasteiger partial charge in [0.25, 0.3) is 0 Å². The van der Waals surface area contributed by atoms with Crippen LogP contribution in [-0.4, -0.2) is 40.6 Å². The Hall–Kier alpha value is -1.23. The molecule has 0 fully saturated rings. The van der Waals surface area contributed by atoms with Gasteiger partial charge >= 0.3 is 0 Å². The Morgan fingerprint density at radius 1 is 1.18 bits per heavy atom. The standard InChI is InChI=1S/C12H20N2O2S/c1-4-17(15,16)10-9-13-11-5-7-12(8-6-11)14(2)3/h5-8,13H,4,9-10H2,1-3H3. The van der Waals surface area contributed by atoms with Crippen LogP contribution in [0.1, 0.15) is 6.92 Å². The molecule has 0 aliphatic rings. The fraction of sp³-hybridized carbons (Fsp3) is 0.500. The van der Waals surface area contributed by atoms with Gasteiger partial charge in [-0.15, -0.1) is 0 Å². The first-order valence-electron chi connectivity index (χ1n) is 5.66. The maximum atomic E-state index is 11.3. The molecule has 0 amide bonds. The van der Waals surface area contributed by atoms with Crippen LogP contribution in [0, 0.1) is 0 Å². The molecule has 0 heterocycles. The van der Waals surface area contributed by atoms with E-state index in [0.717, 1.165) is 11.4 Å². The summed E-state index contributed by atoms with van der Waals surface area (Å²) in [4.78, 5) is 2.02. The molecule has 0 saturated heterocycles. The molecule has 5 heteroatoms. The third kappa shape index (κ3) is 4.65. The molecule has 0 bridgehead atoms. The van der Waals surface area contributed by atoms with Crippen molar-refractivity contribution >= 4 is 21.2 Å². The smallest absolute Gasteiger partial charge is 0.151 e. The average molecular weight is 256 g/mol. The van der Waals surface area contributed by atoms with Crippen molar-refractivity contribution in [3.05, 3.63) is 24.3 Å². The van der Waals surface area contributed by atoms with Crippen molar-refractivity contribution in [2.45, 2.75) is 6.92 Å². The second-order valence-electron chi connectivity index (χ2n) is 4.10. The van der Waals surface area contributed by atoms with Crippen LogP contribution in [0.25, 0.3) is 0 Å². The molecule has 0 saturated carbocycles. The predicted molar refractivity (Wildman–Crippen MR) is 73.6 cm³/mol. The van der Waals surface area contributed by atoms with Crippen LogP contribution < -0.4 is 10.2 Å². The first-order chi connectivity index (χ1) is 7.94.